The molecule has 1 fully saturated rings. The first-order valence-corrected chi connectivity index (χ1v) is 9.09. The highest BCUT2D eigenvalue weighted by Crippen LogP contribution is 2.30. The van der Waals surface area contributed by atoms with Crippen molar-refractivity contribution in [3.05, 3.63) is 46.2 Å². The number of rotatable bonds is 4. The summed E-state index contributed by atoms with van der Waals surface area (Å²) in [5.74, 6) is 0.0624. The lowest BCUT2D eigenvalue weighted by molar-refractivity contribution is 0.0776. The smallest absolute Gasteiger partial charge is 0.257 e. The van der Waals surface area contributed by atoms with E-state index in [2.05, 4.69) is 34.9 Å². The summed E-state index contributed by atoms with van der Waals surface area (Å²) >= 11 is 3.44. The minimum Gasteiger partial charge on any atom is -0.338 e. The van der Waals surface area contributed by atoms with Crippen molar-refractivity contribution in [1.82, 2.24) is 14.7 Å². The summed E-state index contributed by atoms with van der Waals surface area (Å²) in [6.07, 6.45) is 3.40. The third-order valence-electron chi connectivity index (χ3n) is 4.84. The van der Waals surface area contributed by atoms with Crippen molar-refractivity contribution < 1.29 is 4.79 Å². The van der Waals surface area contributed by atoms with Crippen LogP contribution in [0, 0.1) is 5.41 Å². The Labute approximate surface area is 163 Å². The first-order chi connectivity index (χ1) is 11.5. The Kier molecular flexibility index (Phi) is 6.30. The first kappa shape index (κ1) is 19.9. The van der Waals surface area contributed by atoms with Crippen LogP contribution in [-0.4, -0.2) is 40.2 Å². The number of amides is 1. The maximum atomic E-state index is 13.0. The fraction of sp³-hybridized carbons (Fsp3) is 0.444. The van der Waals surface area contributed by atoms with Crippen LogP contribution in [0.2, 0.25) is 0 Å². The highest BCUT2D eigenvalue weighted by molar-refractivity contribution is 9.10. The molecule has 1 aromatic heterocycles. The maximum absolute atomic E-state index is 13.0. The van der Waals surface area contributed by atoms with E-state index in [1.807, 2.05) is 33.8 Å². The number of nitrogens with zero attached hydrogens (tertiary/aromatic N) is 3. The van der Waals surface area contributed by atoms with E-state index >= 15 is 0 Å². The van der Waals surface area contributed by atoms with Crippen LogP contribution in [0.1, 0.15) is 36.3 Å². The third kappa shape index (κ3) is 3.91. The zero-order valence-electron chi connectivity index (χ0n) is 14.5. The number of likely N-dealkylation sites (tertiary alicyclic amines) is 1. The van der Waals surface area contributed by atoms with Crippen LogP contribution in [0.5, 0.6) is 0 Å². The molecule has 1 unspecified atom stereocenters. The van der Waals surface area contributed by atoms with Gasteiger partial charge >= 0.3 is 0 Å². The average Bonchev–Trinajstić information content (AvgIpc) is 3.19. The first-order valence-electron chi connectivity index (χ1n) is 8.29. The van der Waals surface area contributed by atoms with Gasteiger partial charge in [-0.3, -0.25) is 4.79 Å². The van der Waals surface area contributed by atoms with Gasteiger partial charge in [-0.05, 0) is 49.1 Å². The predicted molar refractivity (Wildman–Crippen MR) is 106 cm³/mol. The molecule has 136 valence electrons. The monoisotopic (exact) mass is 426 g/mol. The van der Waals surface area contributed by atoms with E-state index in [1.165, 1.54) is 0 Å². The number of aromatic nitrogens is 2. The number of nitrogens with two attached hydrogens (primary N) is 1. The molecule has 1 aliphatic rings. The van der Waals surface area contributed by atoms with Crippen molar-refractivity contribution in [3.63, 3.8) is 0 Å². The zero-order valence-corrected chi connectivity index (χ0v) is 16.9. The molecule has 25 heavy (non-hydrogen) atoms. The van der Waals surface area contributed by atoms with E-state index in [1.54, 1.807) is 6.20 Å². The molecule has 2 heterocycles. The van der Waals surface area contributed by atoms with Crippen LogP contribution in [0.3, 0.4) is 0 Å². The molecule has 1 amide bonds. The molecule has 7 heteroatoms. The van der Waals surface area contributed by atoms with Crippen LogP contribution >= 0.6 is 28.3 Å². The molecule has 0 saturated carbocycles. The lowest BCUT2D eigenvalue weighted by Gasteiger charge is -2.22. The molecule has 2 aromatic rings. The second kappa shape index (κ2) is 7.89. The van der Waals surface area contributed by atoms with Gasteiger partial charge in [0.25, 0.3) is 5.91 Å². The molecule has 0 radical (unpaired) electrons. The van der Waals surface area contributed by atoms with Crippen LogP contribution < -0.4 is 5.73 Å². The van der Waals surface area contributed by atoms with E-state index in [4.69, 9.17) is 5.73 Å². The lowest BCUT2D eigenvalue weighted by atomic mass is 9.90. The van der Waals surface area contributed by atoms with Gasteiger partial charge in [0.15, 0.2) is 0 Å². The Hall–Kier alpha value is -1.37. The fourth-order valence-corrected chi connectivity index (χ4v) is 3.50. The molecular formula is C18H24BrClN4O. The minimum absolute atomic E-state index is 0. The van der Waals surface area contributed by atoms with Gasteiger partial charge in [-0.25, -0.2) is 4.68 Å². The number of hydrogen-bond acceptors (Lipinski definition) is 3. The quantitative estimate of drug-likeness (QED) is 0.813. The van der Waals surface area contributed by atoms with E-state index in [9.17, 15) is 4.79 Å². The summed E-state index contributed by atoms with van der Waals surface area (Å²) < 4.78 is 2.88. The number of carbonyl (C=O) groups excluding carboxylic acids is 1. The summed E-state index contributed by atoms with van der Waals surface area (Å²) in [4.78, 5) is 14.9. The van der Waals surface area contributed by atoms with Crippen molar-refractivity contribution in [2.24, 2.45) is 11.1 Å². The molecule has 3 rings (SSSR count). The molecule has 0 bridgehead atoms. The Morgan fingerprint density at radius 1 is 1.36 bits per heavy atom. The number of hydrogen-bond donors (Lipinski definition) is 1. The van der Waals surface area contributed by atoms with Gasteiger partial charge in [-0.15, -0.1) is 12.4 Å². The van der Waals surface area contributed by atoms with Crippen LogP contribution in [0.15, 0.2) is 34.9 Å². The average molecular weight is 428 g/mol. The zero-order chi connectivity index (χ0) is 17.3. The van der Waals surface area contributed by atoms with Crippen molar-refractivity contribution in [2.45, 2.75) is 26.7 Å². The van der Waals surface area contributed by atoms with E-state index in [0.717, 1.165) is 41.8 Å². The molecule has 1 saturated heterocycles. The summed E-state index contributed by atoms with van der Waals surface area (Å²) in [7, 11) is 0. The molecule has 0 aliphatic carbocycles. The SMILES string of the molecule is CCc1c(C(=O)N2CCC(C)(CN)C2)cnn1-c1ccc(Br)cc1.Cl. The van der Waals surface area contributed by atoms with Gasteiger partial charge in [-0.1, -0.05) is 29.8 Å². The van der Waals surface area contributed by atoms with E-state index in [-0.39, 0.29) is 23.7 Å². The molecule has 1 atom stereocenters. The summed E-state index contributed by atoms with van der Waals surface area (Å²) in [6, 6.07) is 7.94. The maximum Gasteiger partial charge on any atom is 0.257 e. The second-order valence-corrected chi connectivity index (χ2v) is 7.65. The van der Waals surface area contributed by atoms with Crippen LogP contribution in [-0.2, 0) is 6.42 Å². The number of benzene rings is 1. The van der Waals surface area contributed by atoms with Gasteiger partial charge in [0.1, 0.15) is 0 Å². The molecule has 5 nitrogen and oxygen atoms in total. The normalized spacial score (nSPS) is 19.8. The van der Waals surface area contributed by atoms with E-state index in [0.29, 0.717) is 12.1 Å². The molecule has 0 spiro atoms. The topological polar surface area (TPSA) is 64.2 Å². The van der Waals surface area contributed by atoms with Gasteiger partial charge in [-0.2, -0.15) is 5.10 Å². The van der Waals surface area contributed by atoms with Gasteiger partial charge in [0.2, 0.25) is 0 Å². The Bertz CT molecular complexity index is 746. The summed E-state index contributed by atoms with van der Waals surface area (Å²) in [5, 5.41) is 4.47. The summed E-state index contributed by atoms with van der Waals surface area (Å²) in [6.45, 7) is 6.28. The minimum atomic E-state index is 0. The van der Waals surface area contributed by atoms with E-state index < -0.39 is 0 Å². The van der Waals surface area contributed by atoms with Crippen LogP contribution in [0.25, 0.3) is 5.69 Å². The highest BCUT2D eigenvalue weighted by atomic mass is 79.9. The van der Waals surface area contributed by atoms with Crippen LogP contribution in [0.4, 0.5) is 0 Å². The Morgan fingerprint density at radius 3 is 2.60 bits per heavy atom. The van der Waals surface area contributed by atoms with Crippen molar-refractivity contribution >= 4 is 34.2 Å². The summed E-state index contributed by atoms with van der Waals surface area (Å²) in [5.41, 5.74) is 8.50. The van der Waals surface area contributed by atoms with Crippen molar-refractivity contribution in [1.29, 1.82) is 0 Å². The van der Waals surface area contributed by atoms with Gasteiger partial charge in [0.05, 0.1) is 23.1 Å². The standard InChI is InChI=1S/C18H23BrN4O.ClH/c1-3-16-15(17(24)22-9-8-18(2,11-20)12-22)10-21-23(16)14-6-4-13(19)5-7-14;/h4-7,10H,3,8-9,11-12,20H2,1-2H3;1H. The van der Waals surface area contributed by atoms with Crippen molar-refractivity contribution in [2.75, 3.05) is 19.6 Å². The molecule has 2 N–H and O–H groups in total. The fourth-order valence-electron chi connectivity index (χ4n) is 3.23. The van der Waals surface area contributed by atoms with Gasteiger partial charge < -0.3 is 10.6 Å². The Morgan fingerprint density at radius 2 is 2.04 bits per heavy atom. The molecular weight excluding hydrogens is 404 g/mol. The third-order valence-corrected chi connectivity index (χ3v) is 5.37. The number of carbonyl (C=O) groups is 1. The van der Waals surface area contributed by atoms with Crippen molar-refractivity contribution in [3.8, 4) is 5.69 Å². The Balaban J connectivity index is 0.00000225. The number of halogens is 2. The molecule has 1 aliphatic heterocycles. The predicted octanol–water partition coefficient (Wildman–Crippen LogP) is 3.43. The largest absolute Gasteiger partial charge is 0.338 e. The second-order valence-electron chi connectivity index (χ2n) is 6.74. The molecule has 1 aromatic carbocycles. The lowest BCUT2D eigenvalue weighted by Crippen LogP contribution is -2.34. The van der Waals surface area contributed by atoms with Gasteiger partial charge in [0, 0.05) is 17.6 Å². The highest BCUT2D eigenvalue weighted by Gasteiger charge is 2.36.